The van der Waals surface area contributed by atoms with E-state index >= 15 is 0 Å². The standard InChI is InChI=1S/C17H13BrF2N2/c18-15-9-13(3-6-16(15)20)11-22-8-7-21-17(22)10-12-1-4-14(19)5-2-12/h1-9H,10-11H2. The SMILES string of the molecule is Fc1ccc(Cc2nccn2Cc2ccc(F)c(Br)c2)cc1. The highest BCUT2D eigenvalue weighted by atomic mass is 79.9. The summed E-state index contributed by atoms with van der Waals surface area (Å²) in [5.74, 6) is 0.358. The summed E-state index contributed by atoms with van der Waals surface area (Å²) in [5, 5.41) is 0. The fraction of sp³-hybridized carbons (Fsp3) is 0.118. The molecule has 0 aliphatic carbocycles. The minimum absolute atomic E-state index is 0.247. The third-order valence-electron chi connectivity index (χ3n) is 3.41. The second-order valence-corrected chi connectivity index (χ2v) is 5.88. The van der Waals surface area contributed by atoms with Crippen LogP contribution in [0, 0.1) is 11.6 Å². The van der Waals surface area contributed by atoms with E-state index in [2.05, 4.69) is 20.9 Å². The van der Waals surface area contributed by atoms with Crippen LogP contribution in [-0.2, 0) is 13.0 Å². The molecule has 0 bridgehead atoms. The molecule has 1 aromatic heterocycles. The first-order chi connectivity index (χ1) is 10.6. The molecule has 0 atom stereocenters. The minimum Gasteiger partial charge on any atom is -0.330 e. The van der Waals surface area contributed by atoms with Gasteiger partial charge in [0, 0.05) is 25.4 Å². The number of aromatic nitrogens is 2. The zero-order valence-electron chi connectivity index (χ0n) is 11.6. The van der Waals surface area contributed by atoms with Gasteiger partial charge in [0.25, 0.3) is 0 Å². The van der Waals surface area contributed by atoms with E-state index in [1.807, 2.05) is 10.8 Å². The van der Waals surface area contributed by atoms with E-state index < -0.39 is 0 Å². The summed E-state index contributed by atoms with van der Waals surface area (Å²) >= 11 is 3.19. The molecule has 2 nitrogen and oxygen atoms in total. The van der Waals surface area contributed by atoms with Gasteiger partial charge in [-0.2, -0.15) is 0 Å². The zero-order chi connectivity index (χ0) is 15.5. The Morgan fingerprint density at radius 2 is 1.73 bits per heavy atom. The Hall–Kier alpha value is -2.01. The van der Waals surface area contributed by atoms with E-state index in [1.165, 1.54) is 18.2 Å². The summed E-state index contributed by atoms with van der Waals surface area (Å²) in [6, 6.07) is 11.3. The third-order valence-corrected chi connectivity index (χ3v) is 4.02. The Balaban J connectivity index is 1.79. The first-order valence-electron chi connectivity index (χ1n) is 6.80. The van der Waals surface area contributed by atoms with Crippen molar-refractivity contribution in [2.45, 2.75) is 13.0 Å². The summed E-state index contributed by atoms with van der Waals surface area (Å²) in [6.07, 6.45) is 4.24. The third kappa shape index (κ3) is 3.42. The van der Waals surface area contributed by atoms with E-state index in [-0.39, 0.29) is 11.6 Å². The molecule has 0 amide bonds. The molecule has 0 saturated heterocycles. The van der Waals surface area contributed by atoms with Crippen LogP contribution in [0.2, 0.25) is 0 Å². The van der Waals surface area contributed by atoms with E-state index in [1.54, 1.807) is 30.5 Å². The number of nitrogens with zero attached hydrogens (tertiary/aromatic N) is 2. The van der Waals surface area contributed by atoms with Gasteiger partial charge < -0.3 is 4.57 Å². The highest BCUT2D eigenvalue weighted by Gasteiger charge is 2.07. The predicted octanol–water partition coefficient (Wildman–Crippen LogP) is 4.56. The van der Waals surface area contributed by atoms with Gasteiger partial charge in [-0.1, -0.05) is 18.2 Å². The molecule has 0 aliphatic heterocycles. The van der Waals surface area contributed by atoms with Crippen molar-refractivity contribution in [3.05, 3.63) is 87.9 Å². The Labute approximate surface area is 135 Å². The Bertz CT molecular complexity index is 782. The Kier molecular flexibility index (Phi) is 4.34. The van der Waals surface area contributed by atoms with Crippen molar-refractivity contribution in [1.82, 2.24) is 9.55 Å². The van der Waals surface area contributed by atoms with Crippen LogP contribution in [0.25, 0.3) is 0 Å². The largest absolute Gasteiger partial charge is 0.330 e. The molecule has 0 saturated carbocycles. The molecule has 0 unspecified atom stereocenters. The molecule has 0 aliphatic rings. The van der Waals surface area contributed by atoms with Gasteiger partial charge in [0.15, 0.2) is 0 Å². The van der Waals surface area contributed by atoms with Gasteiger partial charge in [-0.25, -0.2) is 13.8 Å². The molecule has 3 aromatic rings. The molecule has 0 fully saturated rings. The van der Waals surface area contributed by atoms with Crippen LogP contribution in [0.3, 0.4) is 0 Å². The van der Waals surface area contributed by atoms with Crippen LogP contribution in [-0.4, -0.2) is 9.55 Å². The van der Waals surface area contributed by atoms with E-state index in [0.29, 0.717) is 17.4 Å². The normalized spacial score (nSPS) is 10.9. The van der Waals surface area contributed by atoms with E-state index in [9.17, 15) is 8.78 Å². The Morgan fingerprint density at radius 1 is 1.00 bits per heavy atom. The average Bonchev–Trinajstić information content (AvgIpc) is 2.92. The molecule has 22 heavy (non-hydrogen) atoms. The van der Waals surface area contributed by atoms with Crippen molar-refractivity contribution in [3.8, 4) is 0 Å². The van der Waals surface area contributed by atoms with Gasteiger partial charge in [0.2, 0.25) is 0 Å². The molecule has 2 aromatic carbocycles. The van der Waals surface area contributed by atoms with Gasteiger partial charge in [-0.15, -0.1) is 0 Å². The fourth-order valence-corrected chi connectivity index (χ4v) is 2.70. The second-order valence-electron chi connectivity index (χ2n) is 5.02. The van der Waals surface area contributed by atoms with Crippen LogP contribution in [0.4, 0.5) is 8.78 Å². The monoisotopic (exact) mass is 362 g/mol. The van der Waals surface area contributed by atoms with Gasteiger partial charge in [-0.05, 0) is 51.3 Å². The summed E-state index contributed by atoms with van der Waals surface area (Å²) in [6.45, 7) is 0.607. The fourth-order valence-electron chi connectivity index (χ4n) is 2.27. The summed E-state index contributed by atoms with van der Waals surface area (Å²) < 4.78 is 28.7. The molecule has 0 radical (unpaired) electrons. The number of benzene rings is 2. The molecule has 0 N–H and O–H groups in total. The molecule has 3 rings (SSSR count). The maximum Gasteiger partial charge on any atom is 0.137 e. The highest BCUT2D eigenvalue weighted by Crippen LogP contribution is 2.18. The van der Waals surface area contributed by atoms with Gasteiger partial charge >= 0.3 is 0 Å². The molecule has 5 heteroatoms. The van der Waals surface area contributed by atoms with Crippen molar-refractivity contribution < 1.29 is 8.78 Å². The van der Waals surface area contributed by atoms with Crippen molar-refractivity contribution in [3.63, 3.8) is 0 Å². The predicted molar refractivity (Wildman–Crippen MR) is 84.6 cm³/mol. The Morgan fingerprint density at radius 3 is 2.45 bits per heavy atom. The van der Waals surface area contributed by atoms with Crippen molar-refractivity contribution in [1.29, 1.82) is 0 Å². The summed E-state index contributed by atoms with van der Waals surface area (Å²) in [5.41, 5.74) is 1.97. The molecular formula is C17H13BrF2N2. The van der Waals surface area contributed by atoms with Gasteiger partial charge in [-0.3, -0.25) is 0 Å². The van der Waals surface area contributed by atoms with Crippen molar-refractivity contribution >= 4 is 15.9 Å². The lowest BCUT2D eigenvalue weighted by atomic mass is 10.1. The maximum absolute atomic E-state index is 13.3. The van der Waals surface area contributed by atoms with Crippen LogP contribution in [0.1, 0.15) is 17.0 Å². The lowest BCUT2D eigenvalue weighted by Crippen LogP contribution is -2.05. The second kappa shape index (κ2) is 6.40. The first-order valence-corrected chi connectivity index (χ1v) is 7.59. The summed E-state index contributed by atoms with van der Waals surface area (Å²) in [4.78, 5) is 4.35. The average molecular weight is 363 g/mol. The van der Waals surface area contributed by atoms with Crippen molar-refractivity contribution in [2.24, 2.45) is 0 Å². The topological polar surface area (TPSA) is 17.8 Å². The van der Waals surface area contributed by atoms with Gasteiger partial charge in [0.05, 0.1) is 4.47 Å². The van der Waals surface area contributed by atoms with Crippen LogP contribution < -0.4 is 0 Å². The number of halogens is 3. The van der Waals surface area contributed by atoms with Crippen LogP contribution in [0.15, 0.2) is 59.3 Å². The first kappa shape index (κ1) is 14.9. The number of hydrogen-bond donors (Lipinski definition) is 0. The zero-order valence-corrected chi connectivity index (χ0v) is 13.2. The van der Waals surface area contributed by atoms with Crippen molar-refractivity contribution in [2.75, 3.05) is 0 Å². The summed E-state index contributed by atoms with van der Waals surface area (Å²) in [7, 11) is 0. The van der Waals surface area contributed by atoms with E-state index in [0.717, 1.165) is 17.0 Å². The molecule has 0 spiro atoms. The highest BCUT2D eigenvalue weighted by molar-refractivity contribution is 9.10. The molecular weight excluding hydrogens is 350 g/mol. The number of imidazole rings is 1. The molecule has 112 valence electrons. The van der Waals surface area contributed by atoms with E-state index in [4.69, 9.17) is 0 Å². The smallest absolute Gasteiger partial charge is 0.137 e. The quantitative estimate of drug-likeness (QED) is 0.664. The number of rotatable bonds is 4. The lowest BCUT2D eigenvalue weighted by Gasteiger charge is -2.09. The lowest BCUT2D eigenvalue weighted by molar-refractivity contribution is 0.619. The maximum atomic E-state index is 13.3. The molecule has 1 heterocycles. The van der Waals surface area contributed by atoms with Crippen LogP contribution in [0.5, 0.6) is 0 Å². The van der Waals surface area contributed by atoms with Crippen LogP contribution >= 0.6 is 15.9 Å². The minimum atomic E-state index is -0.277. The number of hydrogen-bond acceptors (Lipinski definition) is 1. The van der Waals surface area contributed by atoms with Gasteiger partial charge in [0.1, 0.15) is 17.5 Å².